The third-order valence-corrected chi connectivity index (χ3v) is 8.26. The van der Waals surface area contributed by atoms with Crippen LogP contribution in [0.5, 0.6) is 0 Å². The summed E-state index contributed by atoms with van der Waals surface area (Å²) >= 11 is 0. The molecule has 7 heteroatoms. The number of benzene rings is 1. The second-order valence-corrected chi connectivity index (χ2v) is 10.5. The van der Waals surface area contributed by atoms with Gasteiger partial charge in [0.15, 0.2) is 0 Å². The molecule has 34 heavy (non-hydrogen) atoms. The van der Waals surface area contributed by atoms with Crippen molar-refractivity contribution in [3.05, 3.63) is 42.0 Å². The predicted octanol–water partition coefficient (Wildman–Crippen LogP) is 3.58. The second kappa shape index (κ2) is 8.93. The van der Waals surface area contributed by atoms with Crippen molar-refractivity contribution >= 4 is 23.5 Å². The number of carbonyl (C=O) groups excluding carboxylic acids is 3. The van der Waals surface area contributed by atoms with Crippen LogP contribution in [0.4, 0.5) is 5.69 Å². The minimum Gasteiger partial charge on any atom is -0.461 e. The van der Waals surface area contributed by atoms with Gasteiger partial charge in [-0.25, -0.2) is 9.69 Å². The van der Waals surface area contributed by atoms with Crippen LogP contribution in [0.15, 0.2) is 36.4 Å². The van der Waals surface area contributed by atoms with Gasteiger partial charge in [-0.05, 0) is 37.9 Å². The lowest BCUT2D eigenvalue weighted by Crippen LogP contribution is -2.66. The number of allylic oxidation sites excluding steroid dienone is 1. The van der Waals surface area contributed by atoms with Gasteiger partial charge in [0.25, 0.3) is 0 Å². The number of amides is 2. The van der Waals surface area contributed by atoms with Gasteiger partial charge in [0.1, 0.15) is 6.61 Å². The highest BCUT2D eigenvalue weighted by Gasteiger charge is 2.59. The third-order valence-electron chi connectivity index (χ3n) is 8.26. The first-order valence-corrected chi connectivity index (χ1v) is 12.5. The van der Waals surface area contributed by atoms with E-state index in [4.69, 9.17) is 9.47 Å². The SMILES string of the molecule is CCN1C[C@@]2(COC(=O)c3ccccc3N3C(=O)CC(C)C3=O)CCC[C@]3(CC=CCO[C@H]23)C1. The molecule has 0 radical (unpaired) electrons. The lowest BCUT2D eigenvalue weighted by atomic mass is 9.56. The predicted molar refractivity (Wildman–Crippen MR) is 127 cm³/mol. The maximum atomic E-state index is 13.4. The lowest BCUT2D eigenvalue weighted by Gasteiger charge is -2.60. The fourth-order valence-electron chi connectivity index (χ4n) is 6.72. The number of anilines is 1. The lowest BCUT2D eigenvalue weighted by molar-refractivity contribution is -0.197. The molecule has 7 nitrogen and oxygen atoms in total. The quantitative estimate of drug-likeness (QED) is 0.375. The molecule has 5 rings (SSSR count). The summed E-state index contributed by atoms with van der Waals surface area (Å²) in [5.74, 6) is -1.43. The van der Waals surface area contributed by atoms with Crippen molar-refractivity contribution in [1.29, 1.82) is 0 Å². The van der Waals surface area contributed by atoms with E-state index in [1.165, 1.54) is 0 Å². The molecule has 1 aliphatic carbocycles. The largest absolute Gasteiger partial charge is 0.461 e. The van der Waals surface area contributed by atoms with Crippen molar-refractivity contribution in [2.45, 2.75) is 52.1 Å². The van der Waals surface area contributed by atoms with E-state index in [0.717, 1.165) is 50.2 Å². The highest BCUT2D eigenvalue weighted by Crippen LogP contribution is 2.55. The molecule has 2 amide bonds. The molecule has 3 aliphatic heterocycles. The Morgan fingerprint density at radius 3 is 2.76 bits per heavy atom. The number of esters is 1. The first-order valence-electron chi connectivity index (χ1n) is 12.5. The number of rotatable bonds is 5. The Morgan fingerprint density at radius 1 is 1.18 bits per heavy atom. The van der Waals surface area contributed by atoms with E-state index >= 15 is 0 Å². The molecule has 0 spiro atoms. The van der Waals surface area contributed by atoms with E-state index < -0.39 is 5.97 Å². The van der Waals surface area contributed by atoms with Gasteiger partial charge >= 0.3 is 5.97 Å². The van der Waals surface area contributed by atoms with Crippen molar-refractivity contribution in [3.63, 3.8) is 0 Å². The zero-order chi connectivity index (χ0) is 23.9. The average Bonchev–Trinajstić information content (AvgIpc) is 2.97. The van der Waals surface area contributed by atoms with Gasteiger partial charge < -0.3 is 14.4 Å². The van der Waals surface area contributed by atoms with E-state index in [-0.39, 0.29) is 53.3 Å². The summed E-state index contributed by atoms with van der Waals surface area (Å²) < 4.78 is 12.4. The van der Waals surface area contributed by atoms with Crippen molar-refractivity contribution in [1.82, 2.24) is 4.90 Å². The molecular formula is C27H34N2O5. The number of hydrogen-bond donors (Lipinski definition) is 0. The van der Waals surface area contributed by atoms with E-state index in [0.29, 0.717) is 12.3 Å². The maximum absolute atomic E-state index is 13.4. The molecule has 1 aromatic rings. The van der Waals surface area contributed by atoms with Gasteiger partial charge in [-0.3, -0.25) is 9.59 Å². The minimum absolute atomic E-state index is 0.0391. The third kappa shape index (κ3) is 3.79. The molecule has 4 atom stereocenters. The Morgan fingerprint density at radius 2 is 2.00 bits per heavy atom. The van der Waals surface area contributed by atoms with Gasteiger partial charge in [0.2, 0.25) is 11.8 Å². The molecule has 2 saturated heterocycles. The Labute approximate surface area is 201 Å². The second-order valence-electron chi connectivity index (χ2n) is 10.5. The van der Waals surface area contributed by atoms with Crippen LogP contribution in [0.3, 0.4) is 0 Å². The fraction of sp³-hybridized carbons (Fsp3) is 0.593. The summed E-state index contributed by atoms with van der Waals surface area (Å²) in [5, 5.41) is 0. The smallest absolute Gasteiger partial charge is 0.340 e. The molecule has 0 aromatic heterocycles. The Balaban J connectivity index is 1.40. The van der Waals surface area contributed by atoms with Crippen LogP contribution in [0.1, 0.15) is 56.3 Å². The average molecular weight is 467 g/mol. The molecule has 0 N–H and O–H groups in total. The molecule has 1 saturated carbocycles. The van der Waals surface area contributed by atoms with Gasteiger partial charge in [0, 0.05) is 36.3 Å². The van der Waals surface area contributed by atoms with Crippen LogP contribution in [0.2, 0.25) is 0 Å². The van der Waals surface area contributed by atoms with Crippen molar-refractivity contribution in [2.24, 2.45) is 16.7 Å². The number of likely N-dealkylation sites (tertiary alicyclic amines) is 1. The van der Waals surface area contributed by atoms with E-state index in [2.05, 4.69) is 24.0 Å². The van der Waals surface area contributed by atoms with Crippen LogP contribution in [0, 0.1) is 16.7 Å². The summed E-state index contributed by atoms with van der Waals surface area (Å²) in [6, 6.07) is 6.75. The zero-order valence-corrected chi connectivity index (χ0v) is 20.1. The number of carbonyl (C=O) groups is 3. The first-order chi connectivity index (χ1) is 16.4. The summed E-state index contributed by atoms with van der Waals surface area (Å²) in [6.45, 7) is 7.57. The Kier molecular flexibility index (Phi) is 6.10. The molecule has 182 valence electrons. The molecule has 2 bridgehead atoms. The summed E-state index contributed by atoms with van der Waals surface area (Å²) in [4.78, 5) is 42.1. The summed E-state index contributed by atoms with van der Waals surface area (Å²) in [5.41, 5.74) is 0.352. The van der Waals surface area contributed by atoms with Gasteiger partial charge in [-0.2, -0.15) is 0 Å². The molecule has 3 fully saturated rings. The van der Waals surface area contributed by atoms with Crippen LogP contribution in [0.25, 0.3) is 0 Å². The molecule has 1 aromatic carbocycles. The fourth-order valence-corrected chi connectivity index (χ4v) is 6.72. The summed E-state index contributed by atoms with van der Waals surface area (Å²) in [7, 11) is 0. The van der Waals surface area contributed by atoms with Gasteiger partial charge in [-0.15, -0.1) is 0 Å². The molecule has 1 unspecified atom stereocenters. The van der Waals surface area contributed by atoms with Crippen molar-refractivity contribution < 1.29 is 23.9 Å². The van der Waals surface area contributed by atoms with E-state index in [9.17, 15) is 14.4 Å². The number of piperidine rings is 1. The molecule has 3 heterocycles. The van der Waals surface area contributed by atoms with Gasteiger partial charge in [-0.1, -0.05) is 44.6 Å². The number of hydrogen-bond acceptors (Lipinski definition) is 6. The Bertz CT molecular complexity index is 1020. The van der Waals surface area contributed by atoms with E-state index in [1.807, 2.05) is 0 Å². The monoisotopic (exact) mass is 466 g/mol. The number of imide groups is 1. The first kappa shape index (κ1) is 23.2. The van der Waals surface area contributed by atoms with Crippen LogP contribution in [-0.2, 0) is 19.1 Å². The van der Waals surface area contributed by atoms with Crippen molar-refractivity contribution in [2.75, 3.05) is 37.7 Å². The van der Waals surface area contributed by atoms with Crippen LogP contribution in [-0.4, -0.2) is 61.6 Å². The standard InChI is InChI=1S/C27H34N2O5/c1-3-28-16-26-11-6-7-14-33-25(26)27(17-28,13-8-12-26)18-34-24(32)20-9-4-5-10-21(20)29-22(30)15-19(2)23(29)31/h4-7,9-10,19,25H,3,8,11-18H2,1-2H3/t19?,25-,26+,27+/m0/s1. The highest BCUT2D eigenvalue weighted by atomic mass is 16.5. The zero-order valence-electron chi connectivity index (χ0n) is 20.1. The normalized spacial score (nSPS) is 33.5. The molecule has 4 aliphatic rings. The maximum Gasteiger partial charge on any atom is 0.340 e. The van der Waals surface area contributed by atoms with Gasteiger partial charge in [0.05, 0.1) is 24.0 Å². The summed E-state index contributed by atoms with van der Waals surface area (Å²) in [6.07, 6.45) is 8.71. The number of ether oxygens (including phenoxy) is 2. The molecular weight excluding hydrogens is 432 g/mol. The van der Waals surface area contributed by atoms with Crippen LogP contribution >= 0.6 is 0 Å². The van der Waals surface area contributed by atoms with Crippen molar-refractivity contribution in [3.8, 4) is 0 Å². The topological polar surface area (TPSA) is 76.2 Å². The Hall–Kier alpha value is -2.51. The van der Waals surface area contributed by atoms with Crippen LogP contribution < -0.4 is 4.90 Å². The minimum atomic E-state index is -0.498. The number of para-hydroxylation sites is 1. The van der Waals surface area contributed by atoms with E-state index in [1.54, 1.807) is 31.2 Å². The highest BCUT2D eigenvalue weighted by molar-refractivity contribution is 6.22. The number of nitrogens with zero attached hydrogens (tertiary/aromatic N) is 2.